The van der Waals surface area contributed by atoms with Crippen molar-refractivity contribution in [2.75, 3.05) is 0 Å². The zero-order valence-electron chi connectivity index (χ0n) is 7.51. The summed E-state index contributed by atoms with van der Waals surface area (Å²) in [6.45, 7) is 4.18. The van der Waals surface area contributed by atoms with E-state index in [9.17, 15) is 4.79 Å². The monoisotopic (exact) mass is 190 g/mol. The first kappa shape index (κ1) is 11.5. The van der Waals surface area contributed by atoms with Crippen molar-refractivity contribution in [1.82, 2.24) is 0 Å². The summed E-state index contributed by atoms with van der Waals surface area (Å²) in [7, 11) is 0. The molecule has 0 aliphatic rings. The first-order chi connectivity index (χ1) is 5.56. The summed E-state index contributed by atoms with van der Waals surface area (Å²) in [5.41, 5.74) is 0. The van der Waals surface area contributed by atoms with Crippen LogP contribution >= 0.6 is 11.6 Å². The topological polar surface area (TPSA) is 37.3 Å². The van der Waals surface area contributed by atoms with E-state index in [1.54, 1.807) is 6.08 Å². The lowest BCUT2D eigenvalue weighted by Gasteiger charge is -2.05. The van der Waals surface area contributed by atoms with Crippen LogP contribution in [-0.4, -0.2) is 11.1 Å². The predicted molar refractivity (Wildman–Crippen MR) is 50.3 cm³/mol. The zero-order valence-corrected chi connectivity index (χ0v) is 8.27. The lowest BCUT2D eigenvalue weighted by molar-refractivity contribution is -0.136. The van der Waals surface area contributed by atoms with Crippen LogP contribution in [0.15, 0.2) is 11.1 Å². The Labute approximate surface area is 78.2 Å². The molecule has 1 unspecified atom stereocenters. The highest BCUT2D eigenvalue weighted by atomic mass is 35.5. The summed E-state index contributed by atoms with van der Waals surface area (Å²) in [5, 5.41) is 9.01. The van der Waals surface area contributed by atoms with Gasteiger partial charge in [-0.25, -0.2) is 0 Å². The van der Waals surface area contributed by atoms with Crippen LogP contribution in [0.5, 0.6) is 0 Å². The van der Waals surface area contributed by atoms with Crippen LogP contribution in [0.4, 0.5) is 0 Å². The molecule has 12 heavy (non-hydrogen) atoms. The maximum Gasteiger partial charge on any atom is 0.307 e. The van der Waals surface area contributed by atoms with Crippen LogP contribution in [0, 0.1) is 5.92 Å². The summed E-state index contributed by atoms with van der Waals surface area (Å²) in [4.78, 5) is 10.2. The number of allylic oxidation sites excluding steroid dienone is 1. The second-order valence-corrected chi connectivity index (χ2v) is 3.45. The van der Waals surface area contributed by atoms with Gasteiger partial charge in [-0.1, -0.05) is 37.9 Å². The third kappa shape index (κ3) is 6.23. The van der Waals surface area contributed by atoms with Gasteiger partial charge in [0.2, 0.25) is 0 Å². The largest absolute Gasteiger partial charge is 0.481 e. The second-order valence-electron chi connectivity index (χ2n) is 2.97. The standard InChI is InChI=1S/C9H15ClO2/c1-3-7(2)6-8(10)4-5-9(11)12/h4,7H,3,5-6H2,1-2H3,(H,11,12)/b8-4-. The molecule has 0 fully saturated rings. The predicted octanol–water partition coefficient (Wildman–Crippen LogP) is 3.02. The highest BCUT2D eigenvalue weighted by Gasteiger charge is 2.01. The van der Waals surface area contributed by atoms with Crippen molar-refractivity contribution >= 4 is 17.6 Å². The number of carboxylic acid groups (broad SMARTS) is 1. The Morgan fingerprint density at radius 3 is 2.67 bits per heavy atom. The molecule has 1 atom stereocenters. The molecule has 2 nitrogen and oxygen atoms in total. The maximum atomic E-state index is 10.2. The fraction of sp³-hybridized carbons (Fsp3) is 0.667. The molecule has 0 aromatic rings. The van der Waals surface area contributed by atoms with Crippen molar-refractivity contribution in [2.45, 2.75) is 33.1 Å². The number of hydrogen-bond acceptors (Lipinski definition) is 1. The summed E-state index contributed by atoms with van der Waals surface area (Å²) < 4.78 is 0. The van der Waals surface area contributed by atoms with Gasteiger partial charge in [-0.05, 0) is 12.3 Å². The van der Waals surface area contributed by atoms with E-state index in [4.69, 9.17) is 16.7 Å². The maximum absolute atomic E-state index is 10.2. The van der Waals surface area contributed by atoms with E-state index in [1.807, 2.05) is 0 Å². The molecule has 0 saturated carbocycles. The first-order valence-corrected chi connectivity index (χ1v) is 4.50. The molecule has 0 aromatic carbocycles. The molecule has 0 spiro atoms. The number of aliphatic carboxylic acids is 1. The fourth-order valence-corrected chi connectivity index (χ4v) is 1.10. The molecule has 70 valence electrons. The van der Waals surface area contributed by atoms with Crippen molar-refractivity contribution < 1.29 is 9.90 Å². The number of rotatable bonds is 5. The van der Waals surface area contributed by atoms with Crippen LogP contribution in [0.3, 0.4) is 0 Å². The number of halogens is 1. The van der Waals surface area contributed by atoms with Gasteiger partial charge in [0, 0.05) is 5.03 Å². The Balaban J connectivity index is 3.77. The summed E-state index contributed by atoms with van der Waals surface area (Å²) in [5.74, 6) is -0.306. The van der Waals surface area contributed by atoms with E-state index in [-0.39, 0.29) is 6.42 Å². The average Bonchev–Trinajstić information content (AvgIpc) is 2.00. The lowest BCUT2D eigenvalue weighted by atomic mass is 10.0. The molecule has 0 saturated heterocycles. The van der Waals surface area contributed by atoms with Gasteiger partial charge in [0.05, 0.1) is 6.42 Å². The SMILES string of the molecule is CCC(C)C/C(Cl)=C/CC(=O)O. The first-order valence-electron chi connectivity index (χ1n) is 4.12. The van der Waals surface area contributed by atoms with E-state index in [0.717, 1.165) is 12.8 Å². The van der Waals surface area contributed by atoms with Gasteiger partial charge < -0.3 is 5.11 Å². The second kappa shape index (κ2) is 6.06. The van der Waals surface area contributed by atoms with Gasteiger partial charge in [-0.3, -0.25) is 4.79 Å². The quantitative estimate of drug-likeness (QED) is 0.724. The number of carboxylic acids is 1. The summed E-state index contributed by atoms with van der Waals surface area (Å²) in [6.07, 6.45) is 3.44. The van der Waals surface area contributed by atoms with Gasteiger partial charge >= 0.3 is 5.97 Å². The Hall–Kier alpha value is -0.500. The average molecular weight is 191 g/mol. The molecule has 0 heterocycles. The van der Waals surface area contributed by atoms with Gasteiger partial charge in [0.15, 0.2) is 0 Å². The Morgan fingerprint density at radius 1 is 1.67 bits per heavy atom. The smallest absolute Gasteiger partial charge is 0.307 e. The molecule has 0 rings (SSSR count). The van der Waals surface area contributed by atoms with E-state index in [2.05, 4.69) is 13.8 Å². The third-order valence-corrected chi connectivity index (χ3v) is 2.05. The van der Waals surface area contributed by atoms with Crippen molar-refractivity contribution in [3.63, 3.8) is 0 Å². The highest BCUT2D eigenvalue weighted by Crippen LogP contribution is 2.17. The van der Waals surface area contributed by atoms with E-state index < -0.39 is 5.97 Å². The lowest BCUT2D eigenvalue weighted by Crippen LogP contribution is -1.94. The van der Waals surface area contributed by atoms with Gasteiger partial charge in [0.25, 0.3) is 0 Å². The molecule has 0 aliphatic carbocycles. The Bertz CT molecular complexity index is 175. The van der Waals surface area contributed by atoms with Crippen LogP contribution in [0.25, 0.3) is 0 Å². The minimum atomic E-state index is -0.836. The molecule has 3 heteroatoms. The van der Waals surface area contributed by atoms with Gasteiger partial charge in [0.1, 0.15) is 0 Å². The van der Waals surface area contributed by atoms with Crippen LogP contribution in [-0.2, 0) is 4.79 Å². The highest BCUT2D eigenvalue weighted by molar-refractivity contribution is 6.29. The van der Waals surface area contributed by atoms with Crippen molar-refractivity contribution in [3.05, 3.63) is 11.1 Å². The molecule has 1 N–H and O–H groups in total. The van der Waals surface area contributed by atoms with Crippen molar-refractivity contribution in [3.8, 4) is 0 Å². The zero-order chi connectivity index (χ0) is 9.56. The van der Waals surface area contributed by atoms with Crippen LogP contribution in [0.2, 0.25) is 0 Å². The molecule has 0 radical (unpaired) electrons. The van der Waals surface area contributed by atoms with Crippen LogP contribution in [0.1, 0.15) is 33.1 Å². The van der Waals surface area contributed by atoms with Crippen molar-refractivity contribution in [2.24, 2.45) is 5.92 Å². The normalized spacial score (nSPS) is 14.4. The van der Waals surface area contributed by atoms with Crippen LogP contribution < -0.4 is 0 Å². The molecular weight excluding hydrogens is 176 g/mol. The minimum Gasteiger partial charge on any atom is -0.481 e. The molecule has 0 amide bonds. The fourth-order valence-electron chi connectivity index (χ4n) is 0.759. The van der Waals surface area contributed by atoms with Crippen molar-refractivity contribution in [1.29, 1.82) is 0 Å². The Kier molecular flexibility index (Phi) is 5.81. The molecule has 0 bridgehead atoms. The third-order valence-electron chi connectivity index (χ3n) is 1.74. The summed E-state index contributed by atoms with van der Waals surface area (Å²) >= 11 is 5.80. The van der Waals surface area contributed by atoms with Gasteiger partial charge in [-0.15, -0.1) is 0 Å². The molecule has 0 aromatic heterocycles. The minimum absolute atomic E-state index is 0.0231. The Morgan fingerprint density at radius 2 is 2.25 bits per heavy atom. The van der Waals surface area contributed by atoms with Gasteiger partial charge in [-0.2, -0.15) is 0 Å². The van der Waals surface area contributed by atoms with E-state index >= 15 is 0 Å². The summed E-state index contributed by atoms with van der Waals surface area (Å²) in [6, 6.07) is 0. The number of hydrogen-bond donors (Lipinski definition) is 1. The molecule has 0 aliphatic heterocycles. The number of carbonyl (C=O) groups is 1. The van der Waals surface area contributed by atoms with E-state index in [0.29, 0.717) is 11.0 Å². The molecular formula is C9H15ClO2. The van der Waals surface area contributed by atoms with E-state index in [1.165, 1.54) is 0 Å².